The van der Waals surface area contributed by atoms with Gasteiger partial charge in [0.05, 0.1) is 0 Å². The maximum absolute atomic E-state index is 12.0. The summed E-state index contributed by atoms with van der Waals surface area (Å²) in [6, 6.07) is 0. The highest BCUT2D eigenvalue weighted by Crippen LogP contribution is 2.20. The van der Waals surface area contributed by atoms with Crippen LogP contribution in [0.5, 0.6) is 0 Å². The van der Waals surface area contributed by atoms with Crippen molar-refractivity contribution in [1.82, 2.24) is 9.80 Å². The Balaban J connectivity index is 4.08. The Morgan fingerprint density at radius 3 is 1.24 bits per heavy atom. The fourth-order valence-electron chi connectivity index (χ4n) is 1.97. The van der Waals surface area contributed by atoms with Gasteiger partial charge < -0.3 is 9.80 Å². The minimum atomic E-state index is 0.0187. The van der Waals surface area contributed by atoms with Crippen molar-refractivity contribution in [2.75, 3.05) is 27.2 Å². The molecule has 0 fully saturated rings. The van der Waals surface area contributed by atoms with Gasteiger partial charge in [0, 0.05) is 40.0 Å². The van der Waals surface area contributed by atoms with E-state index in [-0.39, 0.29) is 22.6 Å². The number of carbonyl (C=O) groups is 2. The van der Waals surface area contributed by atoms with E-state index in [1.807, 2.05) is 14.1 Å². The molecule has 0 bridgehead atoms. The summed E-state index contributed by atoms with van der Waals surface area (Å²) < 4.78 is 0. The van der Waals surface area contributed by atoms with Gasteiger partial charge in [-0.25, -0.2) is 0 Å². The minimum absolute atomic E-state index is 0.0187. The largest absolute Gasteiger partial charge is 0.346 e. The lowest BCUT2D eigenvalue weighted by Gasteiger charge is -2.25. The first-order chi connectivity index (χ1) is 9.32. The third kappa shape index (κ3) is 10.3. The zero-order valence-electron chi connectivity index (χ0n) is 15.2. The molecule has 4 nitrogen and oxygen atoms in total. The van der Waals surface area contributed by atoms with Crippen LogP contribution in [-0.4, -0.2) is 48.8 Å². The van der Waals surface area contributed by atoms with E-state index in [1.54, 1.807) is 9.80 Å². The second kappa shape index (κ2) is 7.81. The van der Waals surface area contributed by atoms with Crippen LogP contribution in [-0.2, 0) is 9.59 Å². The molecule has 0 spiro atoms. The van der Waals surface area contributed by atoms with Crippen LogP contribution in [0.2, 0.25) is 0 Å². The molecule has 124 valence electrons. The molecule has 0 aromatic heterocycles. The Kier molecular flexibility index (Phi) is 7.41. The van der Waals surface area contributed by atoms with Crippen molar-refractivity contribution in [2.45, 2.75) is 60.8 Å². The molecule has 0 aliphatic heterocycles. The van der Waals surface area contributed by atoms with Gasteiger partial charge in [-0.05, 0) is 17.3 Å². The molecule has 0 saturated heterocycles. The van der Waals surface area contributed by atoms with Crippen LogP contribution in [0.25, 0.3) is 0 Å². The number of hydrogen-bond acceptors (Lipinski definition) is 2. The zero-order valence-corrected chi connectivity index (χ0v) is 15.2. The molecule has 2 amide bonds. The van der Waals surface area contributed by atoms with Gasteiger partial charge >= 0.3 is 0 Å². The molecule has 0 rings (SSSR count). The molecular formula is C17H34N2O2. The van der Waals surface area contributed by atoms with Crippen LogP contribution < -0.4 is 0 Å². The summed E-state index contributed by atoms with van der Waals surface area (Å²) in [5.74, 6) is 0.345. The number of carbonyl (C=O) groups excluding carboxylic acids is 2. The molecule has 0 aliphatic rings. The molecule has 0 atom stereocenters. The molecule has 0 aromatic rings. The fourth-order valence-corrected chi connectivity index (χ4v) is 1.97. The predicted octanol–water partition coefficient (Wildman–Crippen LogP) is 3.17. The number of nitrogens with zero attached hydrogens (tertiary/aromatic N) is 2. The van der Waals surface area contributed by atoms with Gasteiger partial charge in [-0.1, -0.05) is 41.5 Å². The van der Waals surface area contributed by atoms with Crippen molar-refractivity contribution >= 4 is 11.8 Å². The smallest absolute Gasteiger partial charge is 0.222 e. The van der Waals surface area contributed by atoms with Gasteiger partial charge in [0.25, 0.3) is 0 Å². The zero-order chi connectivity index (χ0) is 16.8. The van der Waals surface area contributed by atoms with E-state index in [9.17, 15) is 9.59 Å². The molecule has 0 aliphatic carbocycles. The second-order valence-electron chi connectivity index (χ2n) is 8.46. The van der Waals surface area contributed by atoms with Crippen LogP contribution in [0.4, 0.5) is 0 Å². The molecule has 0 unspecified atom stereocenters. The quantitative estimate of drug-likeness (QED) is 0.755. The lowest BCUT2D eigenvalue weighted by Crippen LogP contribution is -2.35. The van der Waals surface area contributed by atoms with Crippen LogP contribution in [0.1, 0.15) is 60.8 Å². The Labute approximate surface area is 130 Å². The van der Waals surface area contributed by atoms with Crippen molar-refractivity contribution in [2.24, 2.45) is 10.8 Å². The average molecular weight is 298 g/mol. The topological polar surface area (TPSA) is 40.6 Å². The molecule has 0 saturated carbocycles. The highest BCUT2D eigenvalue weighted by atomic mass is 16.2. The predicted molar refractivity (Wildman–Crippen MR) is 88.0 cm³/mol. The van der Waals surface area contributed by atoms with E-state index >= 15 is 0 Å². The third-order valence-electron chi connectivity index (χ3n) is 3.20. The molecule has 0 N–H and O–H groups in total. The summed E-state index contributed by atoms with van der Waals surface area (Å²) >= 11 is 0. The van der Waals surface area contributed by atoms with Gasteiger partial charge in [-0.2, -0.15) is 0 Å². The SMILES string of the molecule is CN(CCCN(C)C(=O)CC(C)(C)C)C(=O)CC(C)(C)C. The van der Waals surface area contributed by atoms with Crippen molar-refractivity contribution in [3.63, 3.8) is 0 Å². The van der Waals surface area contributed by atoms with Crippen LogP contribution >= 0.6 is 0 Å². The standard InChI is InChI=1S/C17H34N2O2/c1-16(2,3)12-14(20)18(7)10-9-11-19(8)15(21)13-17(4,5)6/h9-13H2,1-8H3. The van der Waals surface area contributed by atoms with Gasteiger partial charge in [0.15, 0.2) is 0 Å². The molecule has 0 heterocycles. The van der Waals surface area contributed by atoms with E-state index in [0.29, 0.717) is 25.9 Å². The maximum atomic E-state index is 12.0. The van der Waals surface area contributed by atoms with Crippen molar-refractivity contribution in [3.8, 4) is 0 Å². The van der Waals surface area contributed by atoms with Crippen molar-refractivity contribution in [1.29, 1.82) is 0 Å². The summed E-state index contributed by atoms with van der Waals surface area (Å²) in [7, 11) is 3.68. The number of rotatable bonds is 6. The first kappa shape index (κ1) is 19.9. The van der Waals surface area contributed by atoms with Gasteiger partial charge in [0.2, 0.25) is 11.8 Å². The molecule has 21 heavy (non-hydrogen) atoms. The molecular weight excluding hydrogens is 264 g/mol. The Bertz CT molecular complexity index is 317. The Morgan fingerprint density at radius 2 is 1.00 bits per heavy atom. The van der Waals surface area contributed by atoms with Crippen molar-refractivity contribution in [3.05, 3.63) is 0 Å². The van der Waals surface area contributed by atoms with E-state index in [0.717, 1.165) is 6.42 Å². The lowest BCUT2D eigenvalue weighted by atomic mass is 9.91. The summed E-state index contributed by atoms with van der Waals surface area (Å²) in [6.45, 7) is 13.8. The molecule has 0 aromatic carbocycles. The van der Waals surface area contributed by atoms with E-state index in [4.69, 9.17) is 0 Å². The van der Waals surface area contributed by atoms with E-state index < -0.39 is 0 Å². The monoisotopic (exact) mass is 298 g/mol. The minimum Gasteiger partial charge on any atom is -0.346 e. The fraction of sp³-hybridized carbons (Fsp3) is 0.882. The average Bonchev–Trinajstić information content (AvgIpc) is 2.23. The second-order valence-corrected chi connectivity index (χ2v) is 8.46. The van der Waals surface area contributed by atoms with Crippen LogP contribution in [0.15, 0.2) is 0 Å². The maximum Gasteiger partial charge on any atom is 0.222 e. The molecule has 0 radical (unpaired) electrons. The number of hydrogen-bond donors (Lipinski definition) is 0. The summed E-state index contributed by atoms with van der Waals surface area (Å²) in [4.78, 5) is 27.5. The summed E-state index contributed by atoms with van der Waals surface area (Å²) in [5, 5.41) is 0. The summed E-state index contributed by atoms with van der Waals surface area (Å²) in [6.07, 6.45) is 1.93. The van der Waals surface area contributed by atoms with Gasteiger partial charge in [-0.3, -0.25) is 9.59 Å². The normalized spacial score (nSPS) is 12.2. The third-order valence-corrected chi connectivity index (χ3v) is 3.20. The first-order valence-electron chi connectivity index (χ1n) is 7.80. The Morgan fingerprint density at radius 1 is 0.714 bits per heavy atom. The van der Waals surface area contributed by atoms with Crippen LogP contribution in [0.3, 0.4) is 0 Å². The molecule has 4 heteroatoms. The summed E-state index contributed by atoms with van der Waals surface area (Å²) in [5.41, 5.74) is 0.0373. The van der Waals surface area contributed by atoms with Gasteiger partial charge in [-0.15, -0.1) is 0 Å². The number of amides is 2. The van der Waals surface area contributed by atoms with E-state index in [2.05, 4.69) is 41.5 Å². The van der Waals surface area contributed by atoms with Crippen LogP contribution in [0, 0.1) is 10.8 Å². The highest BCUT2D eigenvalue weighted by Gasteiger charge is 2.20. The first-order valence-corrected chi connectivity index (χ1v) is 7.80. The lowest BCUT2D eigenvalue weighted by molar-refractivity contribution is -0.132. The van der Waals surface area contributed by atoms with Gasteiger partial charge in [0.1, 0.15) is 0 Å². The van der Waals surface area contributed by atoms with E-state index in [1.165, 1.54) is 0 Å². The van der Waals surface area contributed by atoms with Crippen molar-refractivity contribution < 1.29 is 9.59 Å². The highest BCUT2D eigenvalue weighted by molar-refractivity contribution is 5.77. The Hall–Kier alpha value is -1.06.